The van der Waals surface area contributed by atoms with Crippen molar-refractivity contribution in [1.29, 1.82) is 0 Å². The number of imide groups is 1. The Morgan fingerprint density at radius 2 is 1.57 bits per heavy atom. The van der Waals surface area contributed by atoms with Crippen LogP contribution in [0.25, 0.3) is 5.57 Å². The third kappa shape index (κ3) is 3.57. The number of aromatic hydroxyl groups is 1. The number of phenolic OH excluding ortho intramolecular Hbond substituents is 1. The molecule has 3 aromatic rings. The summed E-state index contributed by atoms with van der Waals surface area (Å²) in [6.07, 6.45) is 3.99. The Hall–Kier alpha value is -4.29. The number of ketones is 2. The lowest BCUT2D eigenvalue weighted by molar-refractivity contribution is -0.139. The molecule has 7 heteroatoms. The minimum Gasteiger partial charge on any atom is -0.508 e. The molecule has 1 heterocycles. The first kappa shape index (κ1) is 26.6. The molecule has 0 aromatic heterocycles. The lowest BCUT2D eigenvalue weighted by Gasteiger charge is -2.55. The van der Waals surface area contributed by atoms with E-state index in [4.69, 9.17) is 11.6 Å². The number of carbonyl (C=O) groups is 4. The van der Waals surface area contributed by atoms with E-state index in [1.807, 2.05) is 66.7 Å². The summed E-state index contributed by atoms with van der Waals surface area (Å²) in [6, 6.07) is 23.1. The first-order valence-electron chi connectivity index (χ1n) is 14.2. The predicted octanol–water partition coefficient (Wildman–Crippen LogP) is 5.50. The maximum absolute atomic E-state index is 14.8. The fourth-order valence-corrected chi connectivity index (χ4v) is 8.31. The second-order valence-electron chi connectivity index (χ2n) is 11.7. The van der Waals surface area contributed by atoms with E-state index in [0.29, 0.717) is 33.7 Å². The molecule has 210 valence electrons. The van der Waals surface area contributed by atoms with Crippen molar-refractivity contribution in [3.05, 3.63) is 118 Å². The van der Waals surface area contributed by atoms with Crippen LogP contribution in [0.5, 0.6) is 5.75 Å². The van der Waals surface area contributed by atoms with E-state index in [9.17, 15) is 24.3 Å². The summed E-state index contributed by atoms with van der Waals surface area (Å²) >= 11 is 6.50. The van der Waals surface area contributed by atoms with E-state index in [0.717, 1.165) is 5.57 Å². The fourth-order valence-electron chi connectivity index (χ4n) is 8.13. The number of carbonyl (C=O) groups excluding carboxylic acids is 4. The number of amides is 2. The van der Waals surface area contributed by atoms with Gasteiger partial charge in [0.05, 0.1) is 17.3 Å². The van der Waals surface area contributed by atoms with Crippen LogP contribution < -0.4 is 0 Å². The van der Waals surface area contributed by atoms with Gasteiger partial charge < -0.3 is 5.11 Å². The van der Waals surface area contributed by atoms with Gasteiger partial charge in [-0.25, -0.2) is 0 Å². The Bertz CT molecular complexity index is 1730. The average molecular weight is 578 g/mol. The number of likely N-dealkylation sites (tertiary alicyclic amines) is 1. The van der Waals surface area contributed by atoms with Crippen LogP contribution in [-0.2, 0) is 24.6 Å². The number of nitrogens with zero attached hydrogens (tertiary/aromatic N) is 1. The molecule has 2 amide bonds. The minimum atomic E-state index is -1.40. The highest BCUT2D eigenvalue weighted by Gasteiger charge is 2.66. The van der Waals surface area contributed by atoms with Crippen molar-refractivity contribution in [2.45, 2.75) is 24.2 Å². The topological polar surface area (TPSA) is 91.8 Å². The maximum Gasteiger partial charge on any atom is 0.233 e. The van der Waals surface area contributed by atoms with Gasteiger partial charge in [0.15, 0.2) is 11.6 Å². The normalized spacial score (nSPS) is 30.3. The Kier molecular flexibility index (Phi) is 6.10. The van der Waals surface area contributed by atoms with Crippen molar-refractivity contribution in [2.75, 3.05) is 7.05 Å². The molecule has 2 fully saturated rings. The zero-order valence-electron chi connectivity index (χ0n) is 22.9. The van der Waals surface area contributed by atoms with Crippen molar-refractivity contribution in [3.8, 4) is 5.75 Å². The van der Waals surface area contributed by atoms with Gasteiger partial charge in [-0.15, -0.1) is 0 Å². The second kappa shape index (κ2) is 9.63. The van der Waals surface area contributed by atoms with Gasteiger partial charge in [-0.1, -0.05) is 83.9 Å². The van der Waals surface area contributed by atoms with E-state index < -0.39 is 35.0 Å². The predicted molar refractivity (Wildman–Crippen MR) is 157 cm³/mol. The van der Waals surface area contributed by atoms with Crippen molar-refractivity contribution in [2.24, 2.45) is 23.7 Å². The highest BCUT2D eigenvalue weighted by atomic mass is 35.5. The standard InChI is InChI=1S/C35H28ClNO5/c1-37-33(41)23-14-13-22-25(30(23)34(37)42)17-27-32(40)24(19-8-4-2-5-9-19)18-29(39)35(27,20-10-6-3-7-11-20)31(22)26-16-21(36)12-15-28(26)38/h2-13,15-16,18,23,25,27,30-31,38H,14,17H2,1H3/t23-,25+,27-,30-,31+,35-/m0/s1. The first-order chi connectivity index (χ1) is 20.2. The highest BCUT2D eigenvalue weighted by molar-refractivity contribution is 6.32. The van der Waals surface area contributed by atoms with E-state index in [1.54, 1.807) is 12.1 Å². The summed E-state index contributed by atoms with van der Waals surface area (Å²) < 4.78 is 0. The van der Waals surface area contributed by atoms with Gasteiger partial charge in [0.25, 0.3) is 0 Å². The zero-order valence-corrected chi connectivity index (χ0v) is 23.6. The molecular formula is C35H28ClNO5. The third-order valence-electron chi connectivity index (χ3n) is 9.90. The lowest BCUT2D eigenvalue weighted by atomic mass is 9.44. The van der Waals surface area contributed by atoms with Crippen molar-refractivity contribution in [3.63, 3.8) is 0 Å². The van der Waals surface area contributed by atoms with E-state index >= 15 is 0 Å². The molecule has 4 aliphatic rings. The summed E-state index contributed by atoms with van der Waals surface area (Å²) in [4.78, 5) is 57.4. The number of allylic oxidation sites excluding steroid dienone is 4. The third-order valence-corrected chi connectivity index (χ3v) is 10.1. The van der Waals surface area contributed by atoms with Gasteiger partial charge >= 0.3 is 0 Å². The molecule has 0 bridgehead atoms. The van der Waals surface area contributed by atoms with Gasteiger partial charge in [-0.05, 0) is 54.2 Å². The summed E-state index contributed by atoms with van der Waals surface area (Å²) in [5.74, 6) is -4.26. The van der Waals surface area contributed by atoms with Crippen molar-refractivity contribution < 1.29 is 24.3 Å². The Labute approximate surface area is 248 Å². The van der Waals surface area contributed by atoms with Crippen LogP contribution in [0.1, 0.15) is 35.4 Å². The van der Waals surface area contributed by atoms with Crippen LogP contribution in [0.4, 0.5) is 0 Å². The van der Waals surface area contributed by atoms with Crippen molar-refractivity contribution in [1.82, 2.24) is 4.90 Å². The molecule has 0 unspecified atom stereocenters. The van der Waals surface area contributed by atoms with Gasteiger partial charge in [-0.2, -0.15) is 0 Å². The Balaban J connectivity index is 1.54. The number of rotatable bonds is 3. The SMILES string of the molecule is CN1C(=O)[C@H]2[C@H](CC=C3[C@H]2C[C@H]2C(=O)C(c4ccccc4)=CC(=O)[C@@]2(c2ccccc2)[C@H]3c2cc(Cl)ccc2O)C1=O. The number of benzene rings is 3. The van der Waals surface area contributed by atoms with Crippen LogP contribution in [-0.4, -0.2) is 40.4 Å². The highest BCUT2D eigenvalue weighted by Crippen LogP contribution is 2.64. The molecule has 42 heavy (non-hydrogen) atoms. The van der Waals surface area contributed by atoms with Gasteiger partial charge in [0.1, 0.15) is 5.75 Å². The fraction of sp³-hybridized carbons (Fsp3) is 0.257. The van der Waals surface area contributed by atoms with Gasteiger partial charge in [0, 0.05) is 35.0 Å². The molecule has 0 spiro atoms. The molecule has 0 radical (unpaired) electrons. The van der Waals surface area contributed by atoms with Gasteiger partial charge in [0.2, 0.25) is 11.8 Å². The number of Topliss-reactive ketones (excluding diaryl/α,β-unsaturated/α-hetero) is 1. The van der Waals surface area contributed by atoms with Crippen LogP contribution in [0.15, 0.2) is 96.6 Å². The lowest BCUT2D eigenvalue weighted by Crippen LogP contribution is -2.58. The number of halogens is 1. The summed E-state index contributed by atoms with van der Waals surface area (Å²) in [5, 5.41) is 11.7. The number of fused-ring (bicyclic) bond motifs is 4. The van der Waals surface area contributed by atoms with Crippen molar-refractivity contribution >= 4 is 40.6 Å². The number of hydrogen-bond donors (Lipinski definition) is 1. The molecule has 6 nitrogen and oxygen atoms in total. The molecule has 3 aliphatic carbocycles. The molecule has 3 aromatic carbocycles. The largest absolute Gasteiger partial charge is 0.508 e. The monoisotopic (exact) mass is 577 g/mol. The summed E-state index contributed by atoms with van der Waals surface area (Å²) in [5.41, 5.74) is 1.46. The van der Waals surface area contributed by atoms with Crippen LogP contribution in [0, 0.1) is 23.7 Å². The molecule has 1 saturated carbocycles. The molecule has 1 aliphatic heterocycles. The average Bonchev–Trinajstić information content (AvgIpc) is 3.23. The minimum absolute atomic E-state index is 0.0499. The summed E-state index contributed by atoms with van der Waals surface area (Å²) in [7, 11) is 1.51. The van der Waals surface area contributed by atoms with Crippen LogP contribution >= 0.6 is 11.6 Å². The molecular weight excluding hydrogens is 550 g/mol. The molecule has 1 N–H and O–H groups in total. The van der Waals surface area contributed by atoms with Crippen LogP contribution in [0.3, 0.4) is 0 Å². The second-order valence-corrected chi connectivity index (χ2v) is 12.2. The number of phenols is 1. The quantitative estimate of drug-likeness (QED) is 0.328. The zero-order chi connectivity index (χ0) is 29.3. The molecule has 7 rings (SSSR count). The number of hydrogen-bond acceptors (Lipinski definition) is 5. The van der Waals surface area contributed by atoms with E-state index in [2.05, 4.69) is 0 Å². The Morgan fingerprint density at radius 3 is 2.29 bits per heavy atom. The smallest absolute Gasteiger partial charge is 0.233 e. The maximum atomic E-state index is 14.8. The van der Waals surface area contributed by atoms with Gasteiger partial charge in [-0.3, -0.25) is 24.1 Å². The van der Waals surface area contributed by atoms with E-state index in [1.165, 1.54) is 24.1 Å². The molecule has 1 saturated heterocycles. The Morgan fingerprint density at radius 1 is 0.881 bits per heavy atom. The van der Waals surface area contributed by atoms with E-state index in [-0.39, 0.29) is 35.6 Å². The molecule has 6 atom stereocenters. The summed E-state index contributed by atoms with van der Waals surface area (Å²) in [6.45, 7) is 0. The first-order valence-corrected chi connectivity index (χ1v) is 14.5. The van der Waals surface area contributed by atoms with Crippen LogP contribution in [0.2, 0.25) is 5.02 Å².